The van der Waals surface area contributed by atoms with Crippen LogP contribution in [0.25, 0.3) is 5.57 Å². The van der Waals surface area contributed by atoms with Gasteiger partial charge in [-0.3, -0.25) is 14.5 Å². The zero-order valence-electron chi connectivity index (χ0n) is 15.0. The van der Waals surface area contributed by atoms with Crippen LogP contribution >= 0.6 is 0 Å². The molecule has 0 unspecified atom stereocenters. The standard InChI is InChI=1S/C21H22N2O3/c1-15-9-11-16(12-10-15)18-19(22-17-7-4-3-5-8-17)21(25)23(20(18)24)13-6-14-26-2/h3-5,7-12,22H,6,13-14H2,1-2H3. The first-order valence-corrected chi connectivity index (χ1v) is 8.60. The number of rotatable bonds is 7. The summed E-state index contributed by atoms with van der Waals surface area (Å²) in [5, 5.41) is 3.14. The van der Waals surface area contributed by atoms with E-state index in [0.29, 0.717) is 30.8 Å². The topological polar surface area (TPSA) is 58.6 Å². The van der Waals surface area contributed by atoms with Gasteiger partial charge in [0.15, 0.2) is 0 Å². The Balaban J connectivity index is 1.97. The maximum absolute atomic E-state index is 13.0. The van der Waals surface area contributed by atoms with Crippen LogP contribution in [0, 0.1) is 6.92 Å². The molecule has 1 N–H and O–H groups in total. The van der Waals surface area contributed by atoms with Crippen molar-refractivity contribution in [2.24, 2.45) is 0 Å². The molecule has 3 rings (SSSR count). The average Bonchev–Trinajstić information content (AvgIpc) is 2.88. The highest BCUT2D eigenvalue weighted by molar-refractivity contribution is 6.36. The second kappa shape index (κ2) is 7.97. The number of carbonyl (C=O) groups is 2. The Morgan fingerprint density at radius 1 is 0.962 bits per heavy atom. The van der Waals surface area contributed by atoms with Gasteiger partial charge in [-0.05, 0) is 31.0 Å². The SMILES string of the molecule is COCCCN1C(=O)C(Nc2ccccc2)=C(c2ccc(C)cc2)C1=O. The van der Waals surface area contributed by atoms with Gasteiger partial charge in [0.25, 0.3) is 11.8 Å². The molecule has 26 heavy (non-hydrogen) atoms. The summed E-state index contributed by atoms with van der Waals surface area (Å²) in [5.41, 5.74) is 3.34. The van der Waals surface area contributed by atoms with E-state index in [2.05, 4.69) is 5.32 Å². The first kappa shape index (κ1) is 17.9. The van der Waals surface area contributed by atoms with E-state index in [9.17, 15) is 9.59 Å². The molecule has 0 aliphatic carbocycles. The summed E-state index contributed by atoms with van der Waals surface area (Å²) in [6.07, 6.45) is 0.605. The molecule has 1 aliphatic rings. The summed E-state index contributed by atoms with van der Waals surface area (Å²) < 4.78 is 5.04. The van der Waals surface area contributed by atoms with Gasteiger partial charge in [0, 0.05) is 25.9 Å². The van der Waals surface area contributed by atoms with Crippen molar-refractivity contribution < 1.29 is 14.3 Å². The monoisotopic (exact) mass is 350 g/mol. The van der Waals surface area contributed by atoms with Crippen LogP contribution in [-0.2, 0) is 14.3 Å². The maximum Gasteiger partial charge on any atom is 0.278 e. The number of ether oxygens (including phenoxy) is 1. The quantitative estimate of drug-likeness (QED) is 0.615. The Labute approximate surface area is 153 Å². The van der Waals surface area contributed by atoms with Crippen molar-refractivity contribution >= 4 is 23.1 Å². The van der Waals surface area contributed by atoms with Gasteiger partial charge in [-0.1, -0.05) is 48.0 Å². The second-order valence-corrected chi connectivity index (χ2v) is 6.22. The van der Waals surface area contributed by atoms with E-state index in [1.807, 2.05) is 61.5 Å². The number of methoxy groups -OCH3 is 1. The number of imide groups is 1. The van der Waals surface area contributed by atoms with Gasteiger partial charge in [-0.15, -0.1) is 0 Å². The van der Waals surface area contributed by atoms with E-state index >= 15 is 0 Å². The zero-order chi connectivity index (χ0) is 18.5. The van der Waals surface area contributed by atoms with Crippen molar-refractivity contribution in [3.05, 3.63) is 71.4 Å². The number of aryl methyl sites for hydroxylation is 1. The fraction of sp³-hybridized carbons (Fsp3) is 0.238. The molecule has 2 aromatic carbocycles. The highest BCUT2D eigenvalue weighted by atomic mass is 16.5. The van der Waals surface area contributed by atoms with E-state index in [0.717, 1.165) is 16.8 Å². The fourth-order valence-corrected chi connectivity index (χ4v) is 2.92. The third-order valence-corrected chi connectivity index (χ3v) is 4.28. The van der Waals surface area contributed by atoms with Crippen molar-refractivity contribution in [1.29, 1.82) is 0 Å². The fourth-order valence-electron chi connectivity index (χ4n) is 2.92. The predicted octanol–water partition coefficient (Wildman–Crippen LogP) is 3.22. The van der Waals surface area contributed by atoms with Gasteiger partial charge < -0.3 is 10.1 Å². The van der Waals surface area contributed by atoms with E-state index in [1.165, 1.54) is 4.90 Å². The lowest BCUT2D eigenvalue weighted by Crippen LogP contribution is -2.33. The van der Waals surface area contributed by atoms with Gasteiger partial charge in [0.1, 0.15) is 5.70 Å². The summed E-state index contributed by atoms with van der Waals surface area (Å²) in [6, 6.07) is 17.0. The van der Waals surface area contributed by atoms with Gasteiger partial charge in [0.05, 0.1) is 5.57 Å². The van der Waals surface area contributed by atoms with Crippen LogP contribution in [0.3, 0.4) is 0 Å². The lowest BCUT2D eigenvalue weighted by molar-refractivity contribution is -0.136. The zero-order valence-corrected chi connectivity index (χ0v) is 15.0. The van der Waals surface area contributed by atoms with E-state index in [4.69, 9.17) is 4.74 Å². The number of hydrogen-bond donors (Lipinski definition) is 1. The van der Waals surface area contributed by atoms with Crippen molar-refractivity contribution in [3.63, 3.8) is 0 Å². The molecule has 134 valence electrons. The van der Waals surface area contributed by atoms with Crippen LogP contribution in [-0.4, -0.2) is 37.0 Å². The molecule has 0 spiro atoms. The van der Waals surface area contributed by atoms with Crippen LogP contribution in [0.15, 0.2) is 60.3 Å². The number of para-hydroxylation sites is 1. The summed E-state index contributed by atoms with van der Waals surface area (Å²) in [7, 11) is 1.60. The van der Waals surface area contributed by atoms with Gasteiger partial charge in [0.2, 0.25) is 0 Å². The third-order valence-electron chi connectivity index (χ3n) is 4.28. The number of nitrogens with zero attached hydrogens (tertiary/aromatic N) is 1. The normalized spacial score (nSPS) is 14.3. The van der Waals surface area contributed by atoms with Crippen LogP contribution < -0.4 is 5.32 Å². The lowest BCUT2D eigenvalue weighted by Gasteiger charge is -2.14. The number of benzene rings is 2. The number of amides is 2. The van der Waals surface area contributed by atoms with Crippen molar-refractivity contribution in [1.82, 2.24) is 4.90 Å². The average molecular weight is 350 g/mol. The Morgan fingerprint density at radius 3 is 2.31 bits per heavy atom. The van der Waals surface area contributed by atoms with Crippen molar-refractivity contribution in [2.45, 2.75) is 13.3 Å². The Hall–Kier alpha value is -2.92. The minimum absolute atomic E-state index is 0.270. The highest BCUT2D eigenvalue weighted by Gasteiger charge is 2.38. The minimum atomic E-state index is -0.300. The number of hydrogen-bond acceptors (Lipinski definition) is 4. The Bertz CT molecular complexity index is 826. The molecule has 0 atom stereocenters. The molecule has 5 nitrogen and oxygen atoms in total. The van der Waals surface area contributed by atoms with Gasteiger partial charge in [-0.25, -0.2) is 0 Å². The number of anilines is 1. The molecule has 0 saturated carbocycles. The second-order valence-electron chi connectivity index (χ2n) is 6.22. The Kier molecular flexibility index (Phi) is 5.49. The molecule has 2 aromatic rings. The van der Waals surface area contributed by atoms with E-state index in [-0.39, 0.29) is 11.8 Å². The minimum Gasteiger partial charge on any atom is -0.385 e. The smallest absolute Gasteiger partial charge is 0.278 e. The molecule has 0 bridgehead atoms. The van der Waals surface area contributed by atoms with Gasteiger partial charge >= 0.3 is 0 Å². The Morgan fingerprint density at radius 2 is 1.65 bits per heavy atom. The number of carbonyl (C=O) groups excluding carboxylic acids is 2. The first-order valence-electron chi connectivity index (χ1n) is 8.60. The lowest BCUT2D eigenvalue weighted by atomic mass is 10.0. The van der Waals surface area contributed by atoms with E-state index in [1.54, 1.807) is 7.11 Å². The molecular formula is C21H22N2O3. The third kappa shape index (κ3) is 3.68. The molecule has 0 radical (unpaired) electrons. The summed E-state index contributed by atoms with van der Waals surface area (Å²) in [5.74, 6) is -0.570. The summed E-state index contributed by atoms with van der Waals surface area (Å²) in [4.78, 5) is 27.2. The molecule has 0 saturated heterocycles. The van der Waals surface area contributed by atoms with Crippen LogP contribution in [0.1, 0.15) is 17.5 Å². The molecule has 0 aromatic heterocycles. The van der Waals surface area contributed by atoms with Crippen LogP contribution in [0.4, 0.5) is 5.69 Å². The molecule has 1 heterocycles. The van der Waals surface area contributed by atoms with Gasteiger partial charge in [-0.2, -0.15) is 0 Å². The van der Waals surface area contributed by atoms with E-state index < -0.39 is 0 Å². The largest absolute Gasteiger partial charge is 0.385 e. The molecule has 0 fully saturated rings. The summed E-state index contributed by atoms with van der Waals surface area (Å²) in [6.45, 7) is 2.82. The number of nitrogens with one attached hydrogen (secondary N) is 1. The van der Waals surface area contributed by atoms with Crippen molar-refractivity contribution in [3.8, 4) is 0 Å². The molecule has 1 aliphatic heterocycles. The predicted molar refractivity (Wildman–Crippen MR) is 101 cm³/mol. The first-order chi connectivity index (χ1) is 12.6. The summed E-state index contributed by atoms with van der Waals surface area (Å²) >= 11 is 0. The van der Waals surface area contributed by atoms with Crippen LogP contribution in [0.2, 0.25) is 0 Å². The molecule has 5 heteroatoms. The van der Waals surface area contributed by atoms with Crippen LogP contribution in [0.5, 0.6) is 0 Å². The maximum atomic E-state index is 13.0. The van der Waals surface area contributed by atoms with Crippen molar-refractivity contribution in [2.75, 3.05) is 25.6 Å². The molecular weight excluding hydrogens is 328 g/mol. The molecule has 2 amide bonds. The highest BCUT2D eigenvalue weighted by Crippen LogP contribution is 2.30.